The van der Waals surface area contributed by atoms with Crippen LogP contribution in [0.4, 0.5) is 0 Å². The fourth-order valence-electron chi connectivity index (χ4n) is 11.4. The highest BCUT2D eigenvalue weighted by Gasteiger charge is 2.30. The number of pyridine rings is 1. The summed E-state index contributed by atoms with van der Waals surface area (Å²) in [6, 6.07) is 74.4. The van der Waals surface area contributed by atoms with Crippen LogP contribution in [0.15, 0.2) is 217 Å². The molecule has 6 nitrogen and oxygen atoms in total. The molecule has 0 aliphatic heterocycles. The van der Waals surface area contributed by atoms with E-state index in [-0.39, 0.29) is 10.8 Å². The van der Waals surface area contributed by atoms with Gasteiger partial charge in [0.05, 0.1) is 33.0 Å². The van der Waals surface area contributed by atoms with Crippen LogP contribution >= 0.6 is 0 Å². The first kappa shape index (κ1) is 42.8. The van der Waals surface area contributed by atoms with Gasteiger partial charge in [-0.25, -0.2) is 9.97 Å². The average Bonchev–Trinajstić information content (AvgIpc) is 4.20. The number of nitrogens with zero attached hydrogens (tertiary/aromatic N) is 4. The first-order chi connectivity index (χ1) is 35.6. The number of imidazole rings is 1. The molecule has 0 fully saturated rings. The second-order valence-corrected chi connectivity index (χ2v) is 21.1. The first-order valence-electron chi connectivity index (χ1n) is 25.2. The van der Waals surface area contributed by atoms with E-state index in [2.05, 4.69) is 249 Å². The Morgan fingerprint density at radius 1 is 0.466 bits per heavy atom. The van der Waals surface area contributed by atoms with Gasteiger partial charge in [-0.2, -0.15) is 0 Å². The van der Waals surface area contributed by atoms with Crippen molar-refractivity contribution in [1.82, 2.24) is 24.1 Å². The normalized spacial score (nSPS) is 12.5. The summed E-state index contributed by atoms with van der Waals surface area (Å²) in [5, 5.41) is 6.66. The molecule has 0 atom stereocenters. The van der Waals surface area contributed by atoms with Gasteiger partial charge in [0.25, 0.3) is 0 Å². The lowest BCUT2D eigenvalue weighted by Crippen LogP contribution is -2.19. The Labute approximate surface area is 422 Å². The highest BCUT2D eigenvalue weighted by Crippen LogP contribution is 2.47. The minimum absolute atomic E-state index is 0.0331. The molecule has 73 heavy (non-hydrogen) atoms. The molecule has 0 radical (unpaired) electrons. The van der Waals surface area contributed by atoms with Crippen LogP contribution in [0.1, 0.15) is 51.3 Å². The minimum Gasteiger partial charge on any atom is -0.455 e. The zero-order valence-corrected chi connectivity index (χ0v) is 41.4. The van der Waals surface area contributed by atoms with E-state index in [1.807, 2.05) is 12.3 Å². The molecule has 0 spiro atoms. The molecule has 0 bridgehead atoms. The zero-order valence-electron chi connectivity index (χ0n) is 41.4. The van der Waals surface area contributed by atoms with Crippen LogP contribution in [0.2, 0.25) is 0 Å². The SMILES string of the molecule is CC(C)(C)c1ccc2c(c1)c1ccc(-c3cc(C(C)(C)c4ccccc4)cc4c3nc(-c3cc5c6ccccc6oc5c5c3[nH]c3ccccc35)n4-c3ccccc3)cc1n2-c1cc(-c2ccccc2)ccn1. The van der Waals surface area contributed by atoms with Gasteiger partial charge in [0.2, 0.25) is 0 Å². The van der Waals surface area contributed by atoms with E-state index < -0.39 is 0 Å². The van der Waals surface area contributed by atoms with E-state index in [4.69, 9.17) is 14.4 Å². The molecule has 350 valence electrons. The van der Waals surface area contributed by atoms with Gasteiger partial charge in [-0.15, -0.1) is 0 Å². The van der Waals surface area contributed by atoms with E-state index in [0.717, 1.165) is 111 Å². The highest BCUT2D eigenvalue weighted by atomic mass is 16.3. The minimum atomic E-state index is -0.376. The largest absolute Gasteiger partial charge is 0.455 e. The lowest BCUT2D eigenvalue weighted by atomic mass is 9.77. The topological polar surface area (TPSA) is 64.6 Å². The van der Waals surface area contributed by atoms with Crippen LogP contribution in [0.5, 0.6) is 0 Å². The van der Waals surface area contributed by atoms with Crippen LogP contribution in [-0.4, -0.2) is 24.1 Å². The monoisotopic (exact) mass is 941 g/mol. The number of benzene rings is 9. The number of nitrogens with one attached hydrogen (secondary N) is 1. The smallest absolute Gasteiger partial charge is 0.147 e. The van der Waals surface area contributed by atoms with E-state index in [1.54, 1.807) is 0 Å². The van der Waals surface area contributed by atoms with Crippen molar-refractivity contribution in [2.45, 2.75) is 45.4 Å². The molecule has 0 unspecified atom stereocenters. The number of H-pyrrole nitrogens is 1. The van der Waals surface area contributed by atoms with Crippen LogP contribution in [0.3, 0.4) is 0 Å². The lowest BCUT2D eigenvalue weighted by Gasteiger charge is -2.27. The van der Waals surface area contributed by atoms with Crippen molar-refractivity contribution in [2.75, 3.05) is 0 Å². The number of aromatic nitrogens is 5. The fourth-order valence-corrected chi connectivity index (χ4v) is 11.4. The molecule has 9 aromatic carbocycles. The first-order valence-corrected chi connectivity index (χ1v) is 25.2. The summed E-state index contributed by atoms with van der Waals surface area (Å²) in [6.07, 6.45) is 1.94. The number of hydrogen-bond acceptors (Lipinski definition) is 3. The van der Waals surface area contributed by atoms with Crippen molar-refractivity contribution in [2.24, 2.45) is 0 Å². The van der Waals surface area contributed by atoms with Crippen LogP contribution in [0.25, 0.3) is 122 Å². The predicted octanol–water partition coefficient (Wildman–Crippen LogP) is 17.7. The van der Waals surface area contributed by atoms with Gasteiger partial charge < -0.3 is 9.40 Å². The Morgan fingerprint density at radius 3 is 1.99 bits per heavy atom. The molecule has 0 amide bonds. The molecule has 5 aromatic heterocycles. The maximum absolute atomic E-state index is 6.77. The summed E-state index contributed by atoms with van der Waals surface area (Å²) < 4.78 is 11.5. The summed E-state index contributed by atoms with van der Waals surface area (Å²) in [7, 11) is 0. The fraction of sp³-hybridized carbons (Fsp3) is 0.104. The van der Waals surface area contributed by atoms with Crippen molar-refractivity contribution in [3.05, 3.63) is 229 Å². The summed E-state index contributed by atoms with van der Waals surface area (Å²) in [5.41, 5.74) is 17.6. The number of rotatable bonds is 7. The second kappa shape index (κ2) is 16.0. The molecule has 14 aromatic rings. The Bertz CT molecular complexity index is 4490. The van der Waals surface area contributed by atoms with Crippen LogP contribution < -0.4 is 0 Å². The summed E-state index contributed by atoms with van der Waals surface area (Å²) in [4.78, 5) is 14.9. The van der Waals surface area contributed by atoms with Gasteiger partial charge in [0.15, 0.2) is 0 Å². The Morgan fingerprint density at radius 2 is 1.19 bits per heavy atom. The Kier molecular flexibility index (Phi) is 9.39. The number of aromatic amines is 1. The molecule has 0 aliphatic carbocycles. The highest BCUT2D eigenvalue weighted by molar-refractivity contribution is 6.26. The number of furan rings is 1. The maximum atomic E-state index is 6.77. The molecular formula is C67H51N5O. The van der Waals surface area contributed by atoms with E-state index in [1.165, 1.54) is 27.5 Å². The second-order valence-electron chi connectivity index (χ2n) is 21.1. The van der Waals surface area contributed by atoms with Gasteiger partial charge >= 0.3 is 0 Å². The Balaban J connectivity index is 1.10. The average molecular weight is 942 g/mol. The van der Waals surface area contributed by atoms with Crippen LogP contribution in [0, 0.1) is 0 Å². The standard InChI is InChI=1S/C67H51N5O/c1-66(2,3)45-30-32-56-52(37-45)48-31-29-43(35-57(48)72(56)60-36-42(33-34-68-60)41-19-9-6-10-20-41)51-38-46(67(4,5)44-21-11-7-12-22-44)39-58-62(51)70-65(71(58)47-23-13-8-14-24-47)54-40-53-49-25-16-18-28-59(49)73-64(53)61-50-26-15-17-27-55(50)69-63(54)61/h6-40,69H,1-5H3. The third kappa shape index (κ3) is 6.70. The molecule has 0 saturated carbocycles. The molecule has 5 heterocycles. The van der Waals surface area contributed by atoms with Gasteiger partial charge in [-0.3, -0.25) is 9.13 Å². The van der Waals surface area contributed by atoms with Crippen molar-refractivity contribution < 1.29 is 4.42 Å². The molecule has 0 saturated heterocycles. The van der Waals surface area contributed by atoms with Crippen molar-refractivity contribution in [3.63, 3.8) is 0 Å². The third-order valence-corrected chi connectivity index (χ3v) is 15.4. The molecular weight excluding hydrogens is 891 g/mol. The number of hydrogen-bond donors (Lipinski definition) is 1. The zero-order chi connectivity index (χ0) is 49.2. The summed E-state index contributed by atoms with van der Waals surface area (Å²) in [6.45, 7) is 11.5. The van der Waals surface area contributed by atoms with Gasteiger partial charge in [0.1, 0.15) is 22.8 Å². The van der Waals surface area contributed by atoms with E-state index in [9.17, 15) is 0 Å². The van der Waals surface area contributed by atoms with Crippen LogP contribution in [-0.2, 0) is 10.8 Å². The van der Waals surface area contributed by atoms with Crippen molar-refractivity contribution in [3.8, 4) is 45.1 Å². The van der Waals surface area contributed by atoms with Crippen molar-refractivity contribution >= 4 is 76.6 Å². The van der Waals surface area contributed by atoms with E-state index in [0.29, 0.717) is 0 Å². The maximum Gasteiger partial charge on any atom is 0.147 e. The predicted molar refractivity (Wildman–Crippen MR) is 303 cm³/mol. The molecule has 6 heteroatoms. The summed E-state index contributed by atoms with van der Waals surface area (Å²) >= 11 is 0. The van der Waals surface area contributed by atoms with Gasteiger partial charge in [-0.05, 0) is 112 Å². The number of para-hydroxylation sites is 3. The quantitative estimate of drug-likeness (QED) is 0.173. The molecule has 1 N–H and O–H groups in total. The lowest BCUT2D eigenvalue weighted by molar-refractivity contribution is 0.591. The third-order valence-electron chi connectivity index (χ3n) is 15.4. The van der Waals surface area contributed by atoms with Crippen molar-refractivity contribution in [1.29, 1.82) is 0 Å². The molecule has 14 rings (SSSR count). The summed E-state index contributed by atoms with van der Waals surface area (Å²) in [5.74, 6) is 1.71. The Hall–Kier alpha value is -9.00. The van der Waals surface area contributed by atoms with Gasteiger partial charge in [0, 0.05) is 60.9 Å². The number of fused-ring (bicyclic) bond motifs is 11. The molecule has 0 aliphatic rings. The van der Waals surface area contributed by atoms with E-state index >= 15 is 0 Å². The van der Waals surface area contributed by atoms with Gasteiger partial charge in [-0.1, -0.05) is 168 Å².